The Morgan fingerprint density at radius 3 is 1.85 bits per heavy atom. The number of anilines is 3. The van der Waals surface area contributed by atoms with E-state index in [0.29, 0.717) is 5.92 Å². The summed E-state index contributed by atoms with van der Waals surface area (Å²) in [6.45, 7) is 0. The fourth-order valence-corrected chi connectivity index (χ4v) is 11.2. The van der Waals surface area contributed by atoms with Crippen LogP contribution in [-0.2, 0) is 6.42 Å². The van der Waals surface area contributed by atoms with Crippen molar-refractivity contribution in [1.29, 1.82) is 0 Å². The lowest BCUT2D eigenvalue weighted by molar-refractivity contribution is 0.740. The monoisotopic (exact) mass is 769 g/mol. The van der Waals surface area contributed by atoms with Gasteiger partial charge in [0.1, 0.15) is 0 Å². The lowest BCUT2D eigenvalue weighted by atomic mass is 9.88. The van der Waals surface area contributed by atoms with E-state index >= 15 is 0 Å². The molecule has 0 fully saturated rings. The van der Waals surface area contributed by atoms with E-state index in [2.05, 4.69) is 211 Å². The molecule has 0 bridgehead atoms. The molecule has 1 unspecified atom stereocenters. The van der Waals surface area contributed by atoms with Crippen molar-refractivity contribution in [2.75, 3.05) is 4.90 Å². The second kappa shape index (κ2) is 13.8. The van der Waals surface area contributed by atoms with Crippen LogP contribution in [0.4, 0.5) is 17.1 Å². The minimum atomic E-state index is 0.337. The molecule has 1 nitrogen and oxygen atoms in total. The van der Waals surface area contributed by atoms with E-state index in [-0.39, 0.29) is 0 Å². The highest BCUT2D eigenvalue weighted by Crippen LogP contribution is 2.57. The molecule has 1 heterocycles. The zero-order valence-electron chi connectivity index (χ0n) is 32.5. The number of rotatable bonds is 6. The zero-order valence-corrected chi connectivity index (χ0v) is 33.3. The minimum absolute atomic E-state index is 0.337. The van der Waals surface area contributed by atoms with Gasteiger partial charge in [-0.25, -0.2) is 0 Å². The van der Waals surface area contributed by atoms with E-state index in [4.69, 9.17) is 0 Å². The Kier molecular flexibility index (Phi) is 7.99. The Labute approximate surface area is 349 Å². The maximum Gasteiger partial charge on any atom is 0.0543 e. The Morgan fingerprint density at radius 2 is 1.07 bits per heavy atom. The van der Waals surface area contributed by atoms with Gasteiger partial charge in [-0.15, -0.1) is 11.3 Å². The molecule has 0 spiro atoms. The number of hydrogen-bond acceptors (Lipinski definition) is 2. The molecule has 10 aromatic rings. The van der Waals surface area contributed by atoms with E-state index in [1.165, 1.54) is 98.2 Å². The molecule has 1 aromatic heterocycles. The number of fused-ring (bicyclic) bond motifs is 8. The number of nitrogens with zero attached hydrogens (tertiary/aromatic N) is 1. The largest absolute Gasteiger partial charge is 0.310 e. The minimum Gasteiger partial charge on any atom is -0.310 e. The van der Waals surface area contributed by atoms with Crippen LogP contribution in [-0.4, -0.2) is 0 Å². The van der Waals surface area contributed by atoms with Gasteiger partial charge >= 0.3 is 0 Å². The SMILES string of the molecule is c1ccc(-c2cc(-c3ccccc3)cc(N(c3ccc(-c4cccc5sc6ccccc6c45)cc3)c3ccc4c5c3-c3ccccc3CCC5c3ccccc3-4)c2)cc1. The van der Waals surface area contributed by atoms with Gasteiger partial charge in [0.25, 0.3) is 0 Å². The quantitative estimate of drug-likeness (QED) is 0.163. The zero-order chi connectivity index (χ0) is 38.9. The molecule has 12 rings (SSSR count). The van der Waals surface area contributed by atoms with E-state index in [0.717, 1.165) is 24.2 Å². The van der Waals surface area contributed by atoms with Gasteiger partial charge in [0, 0.05) is 43.0 Å². The summed E-state index contributed by atoms with van der Waals surface area (Å²) in [6.07, 6.45) is 2.14. The molecule has 0 radical (unpaired) electrons. The molecule has 2 heteroatoms. The first kappa shape index (κ1) is 34.1. The third-order valence-corrected chi connectivity index (χ3v) is 13.8. The van der Waals surface area contributed by atoms with Crippen molar-refractivity contribution < 1.29 is 0 Å². The van der Waals surface area contributed by atoms with Gasteiger partial charge in [-0.2, -0.15) is 0 Å². The highest BCUT2D eigenvalue weighted by atomic mass is 32.1. The van der Waals surface area contributed by atoms with Gasteiger partial charge in [-0.3, -0.25) is 0 Å². The summed E-state index contributed by atoms with van der Waals surface area (Å²) in [4.78, 5) is 2.54. The summed E-state index contributed by atoms with van der Waals surface area (Å²) in [5.74, 6) is 0.337. The molecule has 0 aliphatic heterocycles. The number of hydrogen-bond donors (Lipinski definition) is 0. The highest BCUT2D eigenvalue weighted by molar-refractivity contribution is 7.25. The summed E-state index contributed by atoms with van der Waals surface area (Å²) >= 11 is 1.87. The summed E-state index contributed by atoms with van der Waals surface area (Å²) < 4.78 is 2.65. The Bertz CT molecular complexity index is 3160. The smallest absolute Gasteiger partial charge is 0.0543 e. The van der Waals surface area contributed by atoms with Gasteiger partial charge in [-0.1, -0.05) is 158 Å². The van der Waals surface area contributed by atoms with Crippen molar-refractivity contribution in [3.05, 3.63) is 223 Å². The van der Waals surface area contributed by atoms with Crippen molar-refractivity contribution in [1.82, 2.24) is 0 Å². The normalized spacial score (nSPS) is 13.8. The van der Waals surface area contributed by atoms with Crippen LogP contribution in [0.2, 0.25) is 0 Å². The standard InChI is InChI=1S/C57H39NS/c1-3-14-37(15-4-1)41-34-42(38-16-5-2-6-17-38)36-44(35-41)58(43-29-26-40(27-30-43)45-23-13-25-54-55(45)51-22-11-12-24-53(51)59-54)52-33-32-50-48-21-10-9-20-47(48)49-31-28-39-18-7-8-19-46(39)57(52)56(49)50/h1-27,29-30,32-36,49H,28,31H2. The average molecular weight is 770 g/mol. The van der Waals surface area contributed by atoms with Crippen molar-refractivity contribution in [3.8, 4) is 55.6 Å². The fourth-order valence-electron chi connectivity index (χ4n) is 10.0. The third kappa shape index (κ3) is 5.59. The third-order valence-electron chi connectivity index (χ3n) is 12.7. The topological polar surface area (TPSA) is 3.24 Å². The Hall–Kier alpha value is -7.00. The fraction of sp³-hybridized carbons (Fsp3) is 0.0526. The van der Waals surface area contributed by atoms with E-state index in [1.54, 1.807) is 0 Å². The van der Waals surface area contributed by atoms with E-state index in [1.807, 2.05) is 11.3 Å². The average Bonchev–Trinajstić information content (AvgIpc) is 3.79. The first-order valence-electron chi connectivity index (χ1n) is 20.7. The first-order valence-corrected chi connectivity index (χ1v) is 21.5. The van der Waals surface area contributed by atoms with E-state index in [9.17, 15) is 0 Å². The lowest BCUT2D eigenvalue weighted by Gasteiger charge is -2.31. The predicted octanol–water partition coefficient (Wildman–Crippen LogP) is 16.3. The van der Waals surface area contributed by atoms with Crippen LogP contribution < -0.4 is 4.90 Å². The maximum atomic E-state index is 2.54. The number of aryl methyl sites for hydroxylation is 1. The van der Waals surface area contributed by atoms with Crippen molar-refractivity contribution >= 4 is 48.6 Å². The van der Waals surface area contributed by atoms with Crippen LogP contribution in [0.5, 0.6) is 0 Å². The lowest BCUT2D eigenvalue weighted by Crippen LogP contribution is -2.13. The van der Waals surface area contributed by atoms with Crippen LogP contribution >= 0.6 is 11.3 Å². The van der Waals surface area contributed by atoms with Gasteiger partial charge in [0.2, 0.25) is 0 Å². The molecule has 278 valence electrons. The van der Waals surface area contributed by atoms with Crippen LogP contribution in [0.3, 0.4) is 0 Å². The Balaban J connectivity index is 1.12. The molecular formula is C57H39NS. The van der Waals surface area contributed by atoms with Crippen LogP contribution in [0, 0.1) is 0 Å². The van der Waals surface area contributed by atoms with E-state index < -0.39 is 0 Å². The first-order chi connectivity index (χ1) is 29.3. The van der Waals surface area contributed by atoms with Crippen molar-refractivity contribution in [3.63, 3.8) is 0 Å². The predicted molar refractivity (Wildman–Crippen MR) is 251 cm³/mol. The van der Waals surface area contributed by atoms with Gasteiger partial charge in [0.05, 0.1) is 5.69 Å². The van der Waals surface area contributed by atoms with Gasteiger partial charge in [-0.05, 0) is 128 Å². The summed E-state index contributed by atoms with van der Waals surface area (Å²) in [7, 11) is 0. The van der Waals surface area contributed by atoms with Gasteiger partial charge < -0.3 is 4.90 Å². The summed E-state index contributed by atoms with van der Waals surface area (Å²) in [6, 6.07) is 76.8. The number of thiophene rings is 1. The molecule has 9 aromatic carbocycles. The maximum absolute atomic E-state index is 2.54. The van der Waals surface area contributed by atoms with Gasteiger partial charge in [0.15, 0.2) is 0 Å². The molecular weight excluding hydrogens is 731 g/mol. The Morgan fingerprint density at radius 1 is 0.424 bits per heavy atom. The summed E-state index contributed by atoms with van der Waals surface area (Å²) in [5, 5.41) is 2.66. The molecule has 0 saturated carbocycles. The molecule has 0 N–H and O–H groups in total. The number of benzene rings is 9. The summed E-state index contributed by atoms with van der Waals surface area (Å²) in [5.41, 5.74) is 20.5. The van der Waals surface area contributed by atoms with Crippen LogP contribution in [0.1, 0.15) is 29.0 Å². The second-order valence-corrected chi connectivity index (χ2v) is 17.0. The van der Waals surface area contributed by atoms with Crippen molar-refractivity contribution in [2.45, 2.75) is 18.8 Å². The highest BCUT2D eigenvalue weighted by Gasteiger charge is 2.36. The molecule has 59 heavy (non-hydrogen) atoms. The molecule has 2 aliphatic rings. The van der Waals surface area contributed by atoms with Crippen LogP contribution in [0.25, 0.3) is 75.8 Å². The molecule has 2 aliphatic carbocycles. The second-order valence-electron chi connectivity index (χ2n) is 15.9. The molecule has 0 saturated heterocycles. The van der Waals surface area contributed by atoms with Crippen molar-refractivity contribution in [2.24, 2.45) is 0 Å². The van der Waals surface area contributed by atoms with Crippen LogP contribution in [0.15, 0.2) is 206 Å². The molecule has 1 atom stereocenters. The molecule has 0 amide bonds.